The molecule has 2 aromatic carbocycles. The average molecular weight is 315 g/mol. The molecular formula is C15H11F2N5O. The lowest BCUT2D eigenvalue weighted by Crippen LogP contribution is -2.21. The van der Waals surface area contributed by atoms with Gasteiger partial charge in [-0.15, -0.1) is 10.2 Å². The van der Waals surface area contributed by atoms with Crippen LogP contribution in [0, 0.1) is 11.6 Å². The number of tetrazole rings is 1. The second-order valence-electron chi connectivity index (χ2n) is 4.68. The van der Waals surface area contributed by atoms with Crippen LogP contribution in [0.5, 0.6) is 0 Å². The molecule has 0 aliphatic rings. The highest BCUT2D eigenvalue weighted by atomic mass is 19.1. The number of anilines is 1. The van der Waals surface area contributed by atoms with Crippen molar-refractivity contribution in [3.05, 3.63) is 60.2 Å². The van der Waals surface area contributed by atoms with Gasteiger partial charge >= 0.3 is 0 Å². The summed E-state index contributed by atoms with van der Waals surface area (Å²) in [5.41, 5.74) is 0.522. The van der Waals surface area contributed by atoms with Gasteiger partial charge in [0.05, 0.1) is 5.69 Å². The summed E-state index contributed by atoms with van der Waals surface area (Å²) >= 11 is 0. The lowest BCUT2D eigenvalue weighted by molar-refractivity contribution is -0.117. The highest BCUT2D eigenvalue weighted by Crippen LogP contribution is 2.15. The Labute approximate surface area is 129 Å². The molecule has 0 atom stereocenters. The fraction of sp³-hybridized carbons (Fsp3) is 0.0667. The van der Waals surface area contributed by atoms with E-state index in [1.807, 2.05) is 0 Å². The van der Waals surface area contributed by atoms with Crippen molar-refractivity contribution in [3.63, 3.8) is 0 Å². The lowest BCUT2D eigenvalue weighted by atomic mass is 10.2. The van der Waals surface area contributed by atoms with Crippen LogP contribution in [0.2, 0.25) is 0 Å². The molecule has 0 spiro atoms. The fourth-order valence-electron chi connectivity index (χ4n) is 1.93. The molecule has 8 heteroatoms. The van der Waals surface area contributed by atoms with Gasteiger partial charge < -0.3 is 5.32 Å². The molecule has 3 aromatic rings. The number of aromatic nitrogens is 4. The summed E-state index contributed by atoms with van der Waals surface area (Å²) in [5, 5.41) is 13.9. The molecule has 0 saturated heterocycles. The molecule has 6 nitrogen and oxygen atoms in total. The molecule has 0 saturated carbocycles. The van der Waals surface area contributed by atoms with Crippen LogP contribution in [0.25, 0.3) is 11.4 Å². The van der Waals surface area contributed by atoms with Crippen LogP contribution in [-0.2, 0) is 11.3 Å². The summed E-state index contributed by atoms with van der Waals surface area (Å²) < 4.78 is 26.6. The van der Waals surface area contributed by atoms with E-state index in [0.29, 0.717) is 5.56 Å². The monoisotopic (exact) mass is 315 g/mol. The smallest absolute Gasteiger partial charge is 0.248 e. The van der Waals surface area contributed by atoms with Gasteiger partial charge in [0.15, 0.2) is 0 Å². The number of nitrogens with zero attached hydrogens (tertiary/aromatic N) is 4. The average Bonchev–Trinajstić information content (AvgIpc) is 2.98. The van der Waals surface area contributed by atoms with Crippen LogP contribution in [0.4, 0.5) is 14.5 Å². The third-order valence-corrected chi connectivity index (χ3v) is 2.97. The van der Waals surface area contributed by atoms with E-state index in [4.69, 9.17) is 0 Å². The third-order valence-electron chi connectivity index (χ3n) is 2.97. The minimum Gasteiger partial charge on any atom is -0.322 e. The Bertz CT molecular complexity index is 849. The SMILES string of the molecule is O=C(Cn1nnc(-c2cccc(F)c2)n1)Nc1ccccc1F. The van der Waals surface area contributed by atoms with Gasteiger partial charge in [-0.2, -0.15) is 4.80 Å². The number of carbonyl (C=O) groups is 1. The van der Waals surface area contributed by atoms with E-state index in [1.54, 1.807) is 12.1 Å². The minimum atomic E-state index is -0.534. The summed E-state index contributed by atoms with van der Waals surface area (Å²) in [6, 6.07) is 11.5. The van der Waals surface area contributed by atoms with Crippen molar-refractivity contribution in [3.8, 4) is 11.4 Å². The van der Waals surface area contributed by atoms with Crippen LogP contribution in [0.3, 0.4) is 0 Å². The van der Waals surface area contributed by atoms with Crippen molar-refractivity contribution in [2.75, 3.05) is 5.32 Å². The molecule has 0 radical (unpaired) electrons. The molecule has 1 N–H and O–H groups in total. The van der Waals surface area contributed by atoms with Crippen LogP contribution in [0.15, 0.2) is 48.5 Å². The molecule has 0 aliphatic heterocycles. The molecule has 0 bridgehead atoms. The Hall–Kier alpha value is -3.16. The summed E-state index contributed by atoms with van der Waals surface area (Å²) in [6.07, 6.45) is 0. The highest BCUT2D eigenvalue weighted by molar-refractivity contribution is 5.90. The molecule has 1 heterocycles. The topological polar surface area (TPSA) is 72.7 Å². The van der Waals surface area contributed by atoms with Crippen LogP contribution >= 0.6 is 0 Å². The number of halogens is 2. The third kappa shape index (κ3) is 3.54. The highest BCUT2D eigenvalue weighted by Gasteiger charge is 2.11. The van der Waals surface area contributed by atoms with E-state index < -0.39 is 17.5 Å². The second-order valence-corrected chi connectivity index (χ2v) is 4.68. The second kappa shape index (κ2) is 6.30. The zero-order valence-electron chi connectivity index (χ0n) is 11.8. The van der Waals surface area contributed by atoms with Gasteiger partial charge in [-0.3, -0.25) is 4.79 Å². The maximum Gasteiger partial charge on any atom is 0.248 e. The molecular weight excluding hydrogens is 304 g/mol. The van der Waals surface area contributed by atoms with E-state index >= 15 is 0 Å². The summed E-state index contributed by atoms with van der Waals surface area (Å²) in [7, 11) is 0. The van der Waals surface area contributed by atoms with Crippen molar-refractivity contribution in [2.45, 2.75) is 6.54 Å². The largest absolute Gasteiger partial charge is 0.322 e. The van der Waals surface area contributed by atoms with E-state index in [0.717, 1.165) is 4.80 Å². The van der Waals surface area contributed by atoms with Gasteiger partial charge in [0, 0.05) is 5.56 Å². The molecule has 23 heavy (non-hydrogen) atoms. The number of nitrogens with one attached hydrogen (secondary N) is 1. The molecule has 116 valence electrons. The van der Waals surface area contributed by atoms with Gasteiger partial charge in [-0.05, 0) is 29.5 Å². The zero-order valence-corrected chi connectivity index (χ0v) is 11.8. The van der Waals surface area contributed by atoms with Crippen molar-refractivity contribution in [1.29, 1.82) is 0 Å². The molecule has 0 aliphatic carbocycles. The number of benzene rings is 2. The molecule has 1 amide bonds. The lowest BCUT2D eigenvalue weighted by Gasteiger charge is -2.04. The summed E-state index contributed by atoms with van der Waals surface area (Å²) in [6.45, 7) is -0.239. The first-order valence-electron chi connectivity index (χ1n) is 6.70. The molecule has 1 aromatic heterocycles. The maximum absolute atomic E-state index is 13.5. The van der Waals surface area contributed by atoms with Crippen molar-refractivity contribution in [1.82, 2.24) is 20.2 Å². The van der Waals surface area contributed by atoms with Gasteiger partial charge in [0.1, 0.15) is 18.2 Å². The van der Waals surface area contributed by atoms with Gasteiger partial charge in [0.25, 0.3) is 0 Å². The van der Waals surface area contributed by atoms with Gasteiger partial charge in [-0.1, -0.05) is 24.3 Å². The predicted molar refractivity (Wildman–Crippen MR) is 78.2 cm³/mol. The first kappa shape index (κ1) is 14.8. The first-order valence-corrected chi connectivity index (χ1v) is 6.70. The van der Waals surface area contributed by atoms with Gasteiger partial charge in [0.2, 0.25) is 11.7 Å². The Morgan fingerprint density at radius 1 is 1.13 bits per heavy atom. The number of hydrogen-bond acceptors (Lipinski definition) is 4. The number of amides is 1. The summed E-state index contributed by atoms with van der Waals surface area (Å²) in [5.74, 6) is -1.26. The van der Waals surface area contributed by atoms with Crippen LogP contribution < -0.4 is 5.32 Å². The number of hydrogen-bond donors (Lipinski definition) is 1. The fourth-order valence-corrected chi connectivity index (χ4v) is 1.93. The Morgan fingerprint density at radius 2 is 1.96 bits per heavy atom. The first-order chi connectivity index (χ1) is 11.1. The standard InChI is InChI=1S/C15H11F2N5O/c16-11-5-3-4-10(8-11)15-19-21-22(20-15)9-14(23)18-13-7-2-1-6-12(13)17/h1-8H,9H2,(H,18,23). The van der Waals surface area contributed by atoms with E-state index in [1.165, 1.54) is 36.4 Å². The van der Waals surface area contributed by atoms with Crippen molar-refractivity contribution in [2.24, 2.45) is 0 Å². The quantitative estimate of drug-likeness (QED) is 0.801. The number of para-hydroxylation sites is 1. The Morgan fingerprint density at radius 3 is 2.74 bits per heavy atom. The van der Waals surface area contributed by atoms with Crippen molar-refractivity contribution >= 4 is 11.6 Å². The van der Waals surface area contributed by atoms with Crippen LogP contribution in [-0.4, -0.2) is 26.1 Å². The molecule has 3 rings (SSSR count). The van der Waals surface area contributed by atoms with E-state index in [9.17, 15) is 13.6 Å². The predicted octanol–water partition coefficient (Wildman–Crippen LogP) is 2.26. The molecule has 0 unspecified atom stereocenters. The zero-order chi connectivity index (χ0) is 16.2. The number of carbonyl (C=O) groups excluding carboxylic acids is 1. The van der Waals surface area contributed by atoms with Crippen molar-refractivity contribution < 1.29 is 13.6 Å². The van der Waals surface area contributed by atoms with Crippen LogP contribution in [0.1, 0.15) is 0 Å². The minimum absolute atomic E-state index is 0.0722. The van der Waals surface area contributed by atoms with E-state index in [-0.39, 0.29) is 18.1 Å². The normalized spacial score (nSPS) is 10.5. The Balaban J connectivity index is 1.69. The Kier molecular flexibility index (Phi) is 4.05. The van der Waals surface area contributed by atoms with E-state index in [2.05, 4.69) is 20.7 Å². The maximum atomic E-state index is 13.5. The number of rotatable bonds is 4. The molecule has 0 fully saturated rings. The van der Waals surface area contributed by atoms with Gasteiger partial charge in [-0.25, -0.2) is 8.78 Å². The summed E-state index contributed by atoms with van der Waals surface area (Å²) in [4.78, 5) is 12.9.